The minimum atomic E-state index is -1.08. The topological polar surface area (TPSA) is 99.3 Å². The molecule has 1 atom stereocenters. The fourth-order valence-corrected chi connectivity index (χ4v) is 2.87. The van der Waals surface area contributed by atoms with Crippen molar-refractivity contribution in [3.8, 4) is 0 Å². The molecule has 0 bridgehead atoms. The summed E-state index contributed by atoms with van der Waals surface area (Å²) in [5.74, 6) is -1.81. The van der Waals surface area contributed by atoms with Crippen molar-refractivity contribution in [2.24, 2.45) is 5.92 Å². The molecule has 0 saturated carbocycles. The van der Waals surface area contributed by atoms with Gasteiger partial charge < -0.3 is 15.4 Å². The lowest BCUT2D eigenvalue weighted by Crippen LogP contribution is -2.44. The molecule has 2 aromatic carbocycles. The lowest BCUT2D eigenvalue weighted by atomic mass is 10.0. The van der Waals surface area contributed by atoms with Gasteiger partial charge in [-0.15, -0.1) is 0 Å². The van der Waals surface area contributed by atoms with Crippen molar-refractivity contribution in [1.29, 1.82) is 0 Å². The van der Waals surface area contributed by atoms with Gasteiger partial charge in [-0.1, -0.05) is 38.1 Å². The molecule has 0 radical (unpaired) electrons. The molecule has 3 rings (SSSR count). The maximum atomic E-state index is 12.4. The number of nitrogens with one attached hydrogen (secondary N) is 2. The molecule has 1 amide bonds. The lowest BCUT2D eigenvalue weighted by Gasteiger charge is -2.18. The quantitative estimate of drug-likeness (QED) is 0.637. The third-order valence-electron chi connectivity index (χ3n) is 4.21. The first-order valence-electron chi connectivity index (χ1n) is 7.97. The second kappa shape index (κ2) is 6.39. The zero-order valence-corrected chi connectivity index (χ0v) is 13.9. The number of H-pyrrole nitrogens is 1. The molecule has 1 heterocycles. The Labute approximate surface area is 143 Å². The van der Waals surface area contributed by atoms with Crippen molar-refractivity contribution in [3.05, 3.63) is 58.4 Å². The zero-order valence-electron chi connectivity index (χ0n) is 13.9. The predicted molar refractivity (Wildman–Crippen MR) is 95.8 cm³/mol. The zero-order chi connectivity index (χ0) is 18.1. The average Bonchev–Trinajstić information content (AvgIpc) is 2.58. The van der Waals surface area contributed by atoms with Crippen LogP contribution in [0.25, 0.3) is 21.7 Å². The molecule has 0 aliphatic carbocycles. The fraction of sp³-hybridized carbons (Fsp3) is 0.211. The van der Waals surface area contributed by atoms with E-state index in [-0.39, 0.29) is 11.5 Å². The van der Waals surface area contributed by atoms with Crippen LogP contribution in [-0.4, -0.2) is 28.0 Å². The Morgan fingerprint density at radius 3 is 2.36 bits per heavy atom. The van der Waals surface area contributed by atoms with Crippen LogP contribution in [0.15, 0.2) is 47.3 Å². The number of rotatable bonds is 4. The molecule has 0 saturated heterocycles. The molecule has 3 N–H and O–H groups in total. The standard InChI is InChI=1S/C19H18N2O4/c1-10(2)16(19(24)25)21-17(22)11-7-8-13-12-5-3-4-6-14(12)18(23)20-15(13)9-11/h3-10,16H,1-2H3,(H,20,23)(H,21,22)(H,24,25)/t16-/m0/s1. The number of hydrogen-bond donors (Lipinski definition) is 3. The smallest absolute Gasteiger partial charge is 0.326 e. The lowest BCUT2D eigenvalue weighted by molar-refractivity contribution is -0.140. The maximum Gasteiger partial charge on any atom is 0.326 e. The van der Waals surface area contributed by atoms with E-state index < -0.39 is 17.9 Å². The summed E-state index contributed by atoms with van der Waals surface area (Å²) in [4.78, 5) is 38.6. The van der Waals surface area contributed by atoms with Gasteiger partial charge >= 0.3 is 5.97 Å². The third-order valence-corrected chi connectivity index (χ3v) is 4.21. The van der Waals surface area contributed by atoms with Crippen molar-refractivity contribution in [1.82, 2.24) is 10.3 Å². The molecule has 0 fully saturated rings. The Morgan fingerprint density at radius 2 is 1.72 bits per heavy atom. The van der Waals surface area contributed by atoms with Crippen LogP contribution in [0.1, 0.15) is 24.2 Å². The van der Waals surface area contributed by atoms with E-state index in [1.54, 1.807) is 44.2 Å². The van der Waals surface area contributed by atoms with Crippen LogP contribution >= 0.6 is 0 Å². The van der Waals surface area contributed by atoms with Gasteiger partial charge in [-0.25, -0.2) is 4.79 Å². The molecule has 1 aromatic heterocycles. The van der Waals surface area contributed by atoms with Gasteiger partial charge in [0.25, 0.3) is 11.5 Å². The molecule has 3 aromatic rings. The molecular weight excluding hydrogens is 320 g/mol. The van der Waals surface area contributed by atoms with Crippen molar-refractivity contribution in [2.75, 3.05) is 0 Å². The summed E-state index contributed by atoms with van der Waals surface area (Å²) in [6.07, 6.45) is 0. The average molecular weight is 338 g/mol. The molecule has 6 nitrogen and oxygen atoms in total. The maximum absolute atomic E-state index is 12.4. The number of amides is 1. The fourth-order valence-electron chi connectivity index (χ4n) is 2.87. The van der Waals surface area contributed by atoms with E-state index >= 15 is 0 Å². The highest BCUT2D eigenvalue weighted by Crippen LogP contribution is 2.22. The number of aromatic amines is 1. The van der Waals surface area contributed by atoms with Crippen LogP contribution in [0.5, 0.6) is 0 Å². The molecule has 128 valence electrons. The van der Waals surface area contributed by atoms with Crippen molar-refractivity contribution >= 4 is 33.6 Å². The van der Waals surface area contributed by atoms with Crippen LogP contribution < -0.4 is 10.9 Å². The first-order chi connectivity index (χ1) is 11.9. The second-order valence-electron chi connectivity index (χ2n) is 6.29. The number of aromatic nitrogens is 1. The number of carbonyl (C=O) groups excluding carboxylic acids is 1. The summed E-state index contributed by atoms with van der Waals surface area (Å²) < 4.78 is 0. The molecule has 0 spiro atoms. The van der Waals surface area contributed by atoms with Gasteiger partial charge in [0.2, 0.25) is 0 Å². The highest BCUT2D eigenvalue weighted by atomic mass is 16.4. The Balaban J connectivity index is 2.04. The van der Waals surface area contributed by atoms with Gasteiger partial charge in [0.05, 0.1) is 0 Å². The van der Waals surface area contributed by atoms with Crippen LogP contribution in [0.4, 0.5) is 0 Å². The number of carboxylic acid groups (broad SMARTS) is 1. The number of carbonyl (C=O) groups is 2. The summed E-state index contributed by atoms with van der Waals surface area (Å²) in [5.41, 5.74) is 0.601. The number of benzene rings is 2. The predicted octanol–water partition coefficient (Wildman–Crippen LogP) is 2.52. The largest absolute Gasteiger partial charge is 0.480 e. The number of aliphatic carboxylic acids is 1. The monoisotopic (exact) mass is 338 g/mol. The molecule has 25 heavy (non-hydrogen) atoms. The van der Waals surface area contributed by atoms with Crippen LogP contribution in [0, 0.1) is 5.92 Å². The van der Waals surface area contributed by atoms with E-state index in [9.17, 15) is 19.5 Å². The van der Waals surface area contributed by atoms with E-state index in [1.807, 2.05) is 12.1 Å². The van der Waals surface area contributed by atoms with E-state index in [4.69, 9.17) is 0 Å². The Hall–Kier alpha value is -3.15. The summed E-state index contributed by atoms with van der Waals surface area (Å²) >= 11 is 0. The second-order valence-corrected chi connectivity index (χ2v) is 6.29. The molecule has 0 unspecified atom stereocenters. The van der Waals surface area contributed by atoms with E-state index in [0.29, 0.717) is 16.5 Å². The van der Waals surface area contributed by atoms with Gasteiger partial charge in [0.15, 0.2) is 0 Å². The number of carboxylic acids is 1. The summed E-state index contributed by atoms with van der Waals surface area (Å²) in [5, 5.41) is 13.9. The first kappa shape index (κ1) is 16.7. The normalized spacial score (nSPS) is 12.4. The summed E-state index contributed by atoms with van der Waals surface area (Å²) in [6.45, 7) is 3.45. The van der Waals surface area contributed by atoms with Crippen LogP contribution in [0.2, 0.25) is 0 Å². The van der Waals surface area contributed by atoms with Gasteiger partial charge in [-0.05, 0) is 29.5 Å². The van der Waals surface area contributed by atoms with Crippen molar-refractivity contribution < 1.29 is 14.7 Å². The Kier molecular flexibility index (Phi) is 4.27. The Morgan fingerprint density at radius 1 is 1.04 bits per heavy atom. The van der Waals surface area contributed by atoms with E-state index in [1.165, 1.54) is 0 Å². The Bertz CT molecular complexity index is 1040. The molecular formula is C19H18N2O4. The highest BCUT2D eigenvalue weighted by molar-refractivity contribution is 6.07. The summed E-state index contributed by atoms with van der Waals surface area (Å²) in [7, 11) is 0. The number of hydrogen-bond acceptors (Lipinski definition) is 3. The van der Waals surface area contributed by atoms with Crippen LogP contribution in [-0.2, 0) is 4.79 Å². The van der Waals surface area contributed by atoms with Gasteiger partial charge in [0, 0.05) is 21.9 Å². The number of pyridine rings is 1. The van der Waals surface area contributed by atoms with Crippen LogP contribution in [0.3, 0.4) is 0 Å². The first-order valence-corrected chi connectivity index (χ1v) is 7.97. The molecule has 0 aliphatic heterocycles. The SMILES string of the molecule is CC(C)[C@H](NC(=O)c1ccc2c(c1)[nH]c(=O)c1ccccc12)C(=O)O. The third kappa shape index (κ3) is 3.10. The molecule has 0 aliphatic rings. The van der Waals surface area contributed by atoms with Gasteiger partial charge in [-0.3, -0.25) is 9.59 Å². The number of fused-ring (bicyclic) bond motifs is 3. The minimum Gasteiger partial charge on any atom is -0.480 e. The van der Waals surface area contributed by atoms with E-state index in [0.717, 1.165) is 10.8 Å². The van der Waals surface area contributed by atoms with E-state index in [2.05, 4.69) is 10.3 Å². The minimum absolute atomic E-state index is 0.230. The highest BCUT2D eigenvalue weighted by Gasteiger charge is 2.24. The van der Waals surface area contributed by atoms with Crippen molar-refractivity contribution in [3.63, 3.8) is 0 Å². The van der Waals surface area contributed by atoms with Crippen molar-refractivity contribution in [2.45, 2.75) is 19.9 Å². The molecule has 6 heteroatoms. The van der Waals surface area contributed by atoms with Gasteiger partial charge in [0.1, 0.15) is 6.04 Å². The summed E-state index contributed by atoms with van der Waals surface area (Å²) in [6, 6.07) is 11.2. The van der Waals surface area contributed by atoms with Gasteiger partial charge in [-0.2, -0.15) is 0 Å².